The van der Waals surface area contributed by atoms with Crippen LogP contribution in [0.15, 0.2) is 34.4 Å². The quantitative estimate of drug-likeness (QED) is 0.631. The highest BCUT2D eigenvalue weighted by atomic mass is 32.1. The Balaban J connectivity index is 1.69. The molecule has 0 radical (unpaired) electrons. The van der Waals surface area contributed by atoms with Gasteiger partial charge in [-0.05, 0) is 61.9 Å². The average molecular weight is 383 g/mol. The minimum absolute atomic E-state index is 0.103. The van der Waals surface area contributed by atoms with E-state index in [1.165, 1.54) is 27.9 Å². The van der Waals surface area contributed by atoms with Crippen molar-refractivity contribution in [3.63, 3.8) is 0 Å². The molecule has 6 nitrogen and oxygen atoms in total. The zero-order valence-electron chi connectivity index (χ0n) is 15.4. The molecule has 4 rings (SSSR count). The van der Waals surface area contributed by atoms with Crippen LogP contribution in [0.2, 0.25) is 0 Å². The summed E-state index contributed by atoms with van der Waals surface area (Å²) in [6, 6.07) is 5.54. The first-order valence-electron chi connectivity index (χ1n) is 9.08. The fraction of sp³-hybridized carbons (Fsp3) is 0.350. The van der Waals surface area contributed by atoms with Crippen molar-refractivity contribution in [3.8, 4) is 11.5 Å². The van der Waals surface area contributed by atoms with Crippen LogP contribution in [-0.2, 0) is 12.8 Å². The smallest absolute Gasteiger partial charge is 0.282 e. The van der Waals surface area contributed by atoms with E-state index in [4.69, 9.17) is 9.47 Å². The first-order valence-corrected chi connectivity index (χ1v) is 9.90. The summed E-state index contributed by atoms with van der Waals surface area (Å²) in [6.07, 6.45) is 7.44. The molecule has 140 valence electrons. The predicted octanol–water partition coefficient (Wildman–Crippen LogP) is 3.63. The Hall–Kier alpha value is -2.67. The van der Waals surface area contributed by atoms with E-state index in [0.29, 0.717) is 18.1 Å². The molecule has 0 fully saturated rings. The first-order chi connectivity index (χ1) is 13.2. The number of hydrogen-bond donors (Lipinski definition) is 0. The van der Waals surface area contributed by atoms with E-state index >= 15 is 0 Å². The number of rotatable bonds is 5. The van der Waals surface area contributed by atoms with Crippen LogP contribution >= 0.6 is 11.3 Å². The lowest BCUT2D eigenvalue weighted by Gasteiger charge is -2.10. The second kappa shape index (κ2) is 7.52. The molecule has 0 amide bonds. The normalized spacial score (nSPS) is 13.9. The number of nitrogens with zero attached hydrogens (tertiary/aromatic N) is 3. The van der Waals surface area contributed by atoms with Gasteiger partial charge in [0.1, 0.15) is 11.2 Å². The summed E-state index contributed by atoms with van der Waals surface area (Å²) < 4.78 is 12.2. The van der Waals surface area contributed by atoms with E-state index in [2.05, 4.69) is 10.1 Å². The van der Waals surface area contributed by atoms with Gasteiger partial charge in [0, 0.05) is 4.88 Å². The van der Waals surface area contributed by atoms with Gasteiger partial charge in [-0.3, -0.25) is 4.79 Å². The fourth-order valence-corrected chi connectivity index (χ4v) is 4.61. The summed E-state index contributed by atoms with van der Waals surface area (Å²) in [5, 5.41) is 5.07. The summed E-state index contributed by atoms with van der Waals surface area (Å²) in [5.41, 5.74) is 1.88. The van der Waals surface area contributed by atoms with Crippen LogP contribution in [0.3, 0.4) is 0 Å². The van der Waals surface area contributed by atoms with Crippen LogP contribution in [0, 0.1) is 0 Å². The number of benzene rings is 1. The number of aromatic nitrogens is 2. The Morgan fingerprint density at radius 2 is 2.15 bits per heavy atom. The standard InChI is InChI=1S/C20H21N3O3S/c1-3-26-15-9-8-13(10-16(15)25-2)11-22-23-12-21-19-18(20(23)24)14-6-4-5-7-17(14)27-19/h8-12H,3-7H2,1-2H3/b22-11-. The van der Waals surface area contributed by atoms with Crippen molar-refractivity contribution < 1.29 is 9.47 Å². The highest BCUT2D eigenvalue weighted by Gasteiger charge is 2.19. The van der Waals surface area contributed by atoms with Gasteiger partial charge in [-0.25, -0.2) is 4.98 Å². The zero-order chi connectivity index (χ0) is 18.8. The summed E-state index contributed by atoms with van der Waals surface area (Å²) in [4.78, 5) is 19.5. The molecule has 1 aromatic carbocycles. The molecule has 0 saturated carbocycles. The van der Waals surface area contributed by atoms with E-state index < -0.39 is 0 Å². The maximum atomic E-state index is 12.9. The highest BCUT2D eigenvalue weighted by molar-refractivity contribution is 7.18. The third-order valence-electron chi connectivity index (χ3n) is 4.68. The van der Waals surface area contributed by atoms with Gasteiger partial charge < -0.3 is 9.47 Å². The molecule has 2 aromatic heterocycles. The number of methoxy groups -OCH3 is 1. The third kappa shape index (κ3) is 3.35. The van der Waals surface area contributed by atoms with Gasteiger partial charge >= 0.3 is 0 Å². The SMILES string of the molecule is CCOc1ccc(/C=N\n2cnc3sc4c(c3c2=O)CCCC4)cc1OC. The van der Waals surface area contributed by atoms with Crippen molar-refractivity contribution >= 4 is 27.8 Å². The molecular weight excluding hydrogens is 362 g/mol. The molecule has 0 aliphatic heterocycles. The largest absolute Gasteiger partial charge is 0.493 e. The number of hydrogen-bond acceptors (Lipinski definition) is 6. The number of aryl methyl sites for hydroxylation is 2. The van der Waals surface area contributed by atoms with Crippen LogP contribution in [0.1, 0.15) is 35.8 Å². The van der Waals surface area contributed by atoms with Crippen molar-refractivity contribution in [1.82, 2.24) is 9.66 Å². The van der Waals surface area contributed by atoms with Crippen LogP contribution in [0.5, 0.6) is 11.5 Å². The fourth-order valence-electron chi connectivity index (χ4n) is 3.39. The molecule has 0 saturated heterocycles. The minimum Gasteiger partial charge on any atom is -0.493 e. The molecule has 1 aliphatic carbocycles. The van der Waals surface area contributed by atoms with Crippen molar-refractivity contribution in [2.75, 3.05) is 13.7 Å². The van der Waals surface area contributed by atoms with E-state index in [9.17, 15) is 4.79 Å². The summed E-state index contributed by atoms with van der Waals surface area (Å²) in [7, 11) is 1.60. The van der Waals surface area contributed by atoms with Gasteiger partial charge in [0.2, 0.25) is 0 Å². The Morgan fingerprint density at radius 3 is 2.96 bits per heavy atom. The van der Waals surface area contributed by atoms with Crippen molar-refractivity contribution in [2.45, 2.75) is 32.6 Å². The summed E-state index contributed by atoms with van der Waals surface area (Å²) >= 11 is 1.64. The van der Waals surface area contributed by atoms with Crippen LogP contribution in [0.4, 0.5) is 0 Å². The molecule has 3 aromatic rings. The van der Waals surface area contributed by atoms with Crippen LogP contribution in [0.25, 0.3) is 10.2 Å². The van der Waals surface area contributed by atoms with Gasteiger partial charge in [0.05, 0.1) is 25.3 Å². The first kappa shape index (κ1) is 17.7. The Morgan fingerprint density at radius 1 is 1.30 bits per heavy atom. The van der Waals surface area contributed by atoms with E-state index in [-0.39, 0.29) is 5.56 Å². The Kier molecular flexibility index (Phi) is 4.94. The molecule has 1 aliphatic rings. The van der Waals surface area contributed by atoms with Crippen LogP contribution in [-0.4, -0.2) is 29.6 Å². The van der Waals surface area contributed by atoms with E-state index in [1.54, 1.807) is 24.7 Å². The zero-order valence-corrected chi connectivity index (χ0v) is 16.2. The highest BCUT2D eigenvalue weighted by Crippen LogP contribution is 2.33. The molecule has 7 heteroatoms. The maximum absolute atomic E-state index is 12.9. The lowest BCUT2D eigenvalue weighted by Crippen LogP contribution is -2.18. The van der Waals surface area contributed by atoms with Gasteiger partial charge in [-0.15, -0.1) is 11.3 Å². The van der Waals surface area contributed by atoms with Crippen molar-refractivity contribution in [2.24, 2.45) is 5.10 Å². The minimum atomic E-state index is -0.103. The Labute approximate surface area is 161 Å². The maximum Gasteiger partial charge on any atom is 0.282 e. The summed E-state index contributed by atoms with van der Waals surface area (Å²) in [5.74, 6) is 1.32. The molecule has 27 heavy (non-hydrogen) atoms. The number of fused-ring (bicyclic) bond motifs is 3. The molecule has 0 spiro atoms. The van der Waals surface area contributed by atoms with Gasteiger partial charge in [-0.1, -0.05) is 0 Å². The van der Waals surface area contributed by atoms with Gasteiger partial charge in [0.25, 0.3) is 5.56 Å². The molecular formula is C20H21N3O3S. The predicted molar refractivity (Wildman–Crippen MR) is 108 cm³/mol. The third-order valence-corrected chi connectivity index (χ3v) is 5.88. The Bertz CT molecular complexity index is 1070. The lowest BCUT2D eigenvalue weighted by atomic mass is 9.97. The van der Waals surface area contributed by atoms with Gasteiger partial charge in [0.15, 0.2) is 11.5 Å². The average Bonchev–Trinajstić information content (AvgIpc) is 3.08. The van der Waals surface area contributed by atoms with Crippen LogP contribution < -0.4 is 15.0 Å². The molecule has 0 bridgehead atoms. The summed E-state index contributed by atoms with van der Waals surface area (Å²) in [6.45, 7) is 2.49. The number of ether oxygens (including phenoxy) is 2. The topological polar surface area (TPSA) is 65.7 Å². The monoisotopic (exact) mass is 383 g/mol. The van der Waals surface area contributed by atoms with Crippen molar-refractivity contribution in [1.29, 1.82) is 0 Å². The lowest BCUT2D eigenvalue weighted by molar-refractivity contribution is 0.311. The molecule has 0 N–H and O–H groups in total. The van der Waals surface area contributed by atoms with E-state index in [0.717, 1.165) is 35.0 Å². The second-order valence-corrected chi connectivity index (χ2v) is 7.46. The van der Waals surface area contributed by atoms with Gasteiger partial charge in [-0.2, -0.15) is 9.78 Å². The molecule has 0 atom stereocenters. The van der Waals surface area contributed by atoms with Crippen molar-refractivity contribution in [3.05, 3.63) is 50.9 Å². The number of thiophene rings is 1. The van der Waals surface area contributed by atoms with E-state index in [1.807, 2.05) is 25.1 Å². The molecule has 2 heterocycles. The molecule has 0 unspecified atom stereocenters. The second-order valence-electron chi connectivity index (χ2n) is 6.37.